The van der Waals surface area contributed by atoms with Crippen LogP contribution in [0.5, 0.6) is 0 Å². The third kappa shape index (κ3) is 4.55. The number of likely N-dealkylation sites (N-methyl/N-ethyl adjacent to an activating group) is 1. The number of fused-ring (bicyclic) bond motifs is 1. The summed E-state index contributed by atoms with van der Waals surface area (Å²) in [5, 5.41) is 2.81. The van der Waals surface area contributed by atoms with E-state index in [-0.39, 0.29) is 29.7 Å². The zero-order chi connectivity index (χ0) is 22.7. The Kier molecular flexibility index (Phi) is 6.89. The topological polar surface area (TPSA) is 90.0 Å². The maximum absolute atomic E-state index is 13.2. The highest BCUT2D eigenvalue weighted by Gasteiger charge is 2.40. The number of nitrogens with one attached hydrogen (secondary N) is 1. The van der Waals surface area contributed by atoms with Crippen LogP contribution in [0.25, 0.3) is 0 Å². The van der Waals surface area contributed by atoms with Crippen molar-refractivity contribution < 1.29 is 19.2 Å². The molecule has 1 aromatic rings. The SMILES string of the molecule is CCNC(=O)CN1CCCN(C(=O)c2ccc3c(c2)C(=O)N(C2CCCCC2)C3=O)CC1. The van der Waals surface area contributed by atoms with E-state index in [1.165, 1.54) is 4.90 Å². The monoisotopic (exact) mass is 440 g/mol. The van der Waals surface area contributed by atoms with E-state index in [4.69, 9.17) is 0 Å². The fourth-order valence-electron chi connectivity index (χ4n) is 5.03. The minimum atomic E-state index is -0.268. The molecule has 3 aliphatic rings. The van der Waals surface area contributed by atoms with E-state index < -0.39 is 0 Å². The number of carbonyl (C=O) groups is 4. The highest BCUT2D eigenvalue weighted by molar-refractivity contribution is 6.22. The molecule has 2 heterocycles. The van der Waals surface area contributed by atoms with Crippen LogP contribution in [0.15, 0.2) is 18.2 Å². The van der Waals surface area contributed by atoms with Gasteiger partial charge in [-0.2, -0.15) is 0 Å². The smallest absolute Gasteiger partial charge is 0.261 e. The van der Waals surface area contributed by atoms with Crippen molar-refractivity contribution in [2.45, 2.75) is 51.5 Å². The van der Waals surface area contributed by atoms with Crippen molar-refractivity contribution in [2.75, 3.05) is 39.3 Å². The van der Waals surface area contributed by atoms with Gasteiger partial charge in [-0.1, -0.05) is 19.3 Å². The Hall–Kier alpha value is -2.74. The molecule has 0 aromatic heterocycles. The molecule has 2 aliphatic heterocycles. The van der Waals surface area contributed by atoms with Crippen molar-refractivity contribution in [3.8, 4) is 0 Å². The highest BCUT2D eigenvalue weighted by atomic mass is 16.2. The highest BCUT2D eigenvalue weighted by Crippen LogP contribution is 2.31. The van der Waals surface area contributed by atoms with Crippen LogP contribution in [0.1, 0.15) is 76.5 Å². The van der Waals surface area contributed by atoms with E-state index in [0.717, 1.165) is 45.1 Å². The van der Waals surface area contributed by atoms with Gasteiger partial charge in [0.2, 0.25) is 5.91 Å². The second-order valence-corrected chi connectivity index (χ2v) is 8.91. The zero-order valence-electron chi connectivity index (χ0n) is 18.8. The van der Waals surface area contributed by atoms with E-state index in [0.29, 0.717) is 49.4 Å². The number of rotatable bonds is 5. The lowest BCUT2D eigenvalue weighted by molar-refractivity contribution is -0.122. The van der Waals surface area contributed by atoms with Gasteiger partial charge >= 0.3 is 0 Å². The first-order chi connectivity index (χ1) is 15.5. The predicted molar refractivity (Wildman–Crippen MR) is 119 cm³/mol. The van der Waals surface area contributed by atoms with Gasteiger partial charge in [0.15, 0.2) is 0 Å². The summed E-state index contributed by atoms with van der Waals surface area (Å²) in [6, 6.07) is 4.86. The molecule has 1 aromatic carbocycles. The molecule has 4 amide bonds. The van der Waals surface area contributed by atoms with Crippen molar-refractivity contribution >= 4 is 23.6 Å². The van der Waals surface area contributed by atoms with Gasteiger partial charge in [0, 0.05) is 44.3 Å². The van der Waals surface area contributed by atoms with E-state index in [1.54, 1.807) is 23.1 Å². The zero-order valence-corrected chi connectivity index (χ0v) is 18.8. The summed E-state index contributed by atoms with van der Waals surface area (Å²) in [7, 11) is 0. The average Bonchev–Trinajstić information content (AvgIpc) is 2.94. The van der Waals surface area contributed by atoms with Crippen LogP contribution in [0, 0.1) is 0 Å². The molecule has 1 N–H and O–H groups in total. The van der Waals surface area contributed by atoms with Crippen molar-refractivity contribution in [2.24, 2.45) is 0 Å². The quantitative estimate of drug-likeness (QED) is 0.707. The molecule has 8 heteroatoms. The Balaban J connectivity index is 1.44. The van der Waals surface area contributed by atoms with Crippen LogP contribution in [-0.4, -0.2) is 83.6 Å². The molecule has 4 rings (SSSR count). The average molecular weight is 441 g/mol. The molecule has 0 unspecified atom stereocenters. The fourth-order valence-corrected chi connectivity index (χ4v) is 5.03. The Morgan fingerprint density at radius 3 is 2.44 bits per heavy atom. The van der Waals surface area contributed by atoms with Crippen LogP contribution >= 0.6 is 0 Å². The molecular formula is C24H32N4O4. The van der Waals surface area contributed by atoms with Crippen molar-refractivity contribution in [1.29, 1.82) is 0 Å². The third-order valence-electron chi connectivity index (χ3n) is 6.72. The molecular weight excluding hydrogens is 408 g/mol. The second-order valence-electron chi connectivity index (χ2n) is 8.91. The normalized spacial score (nSPS) is 20.3. The second kappa shape index (κ2) is 9.81. The van der Waals surface area contributed by atoms with Gasteiger partial charge in [-0.25, -0.2) is 0 Å². The number of carbonyl (C=O) groups excluding carboxylic acids is 4. The molecule has 32 heavy (non-hydrogen) atoms. The molecule has 0 spiro atoms. The lowest BCUT2D eigenvalue weighted by Crippen LogP contribution is -2.40. The van der Waals surface area contributed by atoms with Crippen molar-refractivity contribution in [3.63, 3.8) is 0 Å². The summed E-state index contributed by atoms with van der Waals surface area (Å²) in [4.78, 5) is 56.2. The Labute approximate surface area is 188 Å². The summed E-state index contributed by atoms with van der Waals surface area (Å²) in [5.74, 6) is -0.636. The van der Waals surface area contributed by atoms with Gasteiger partial charge in [-0.15, -0.1) is 0 Å². The van der Waals surface area contributed by atoms with Gasteiger partial charge in [0.25, 0.3) is 17.7 Å². The lowest BCUT2D eigenvalue weighted by Gasteiger charge is -2.29. The summed E-state index contributed by atoms with van der Waals surface area (Å²) < 4.78 is 0. The summed E-state index contributed by atoms with van der Waals surface area (Å²) >= 11 is 0. The minimum Gasteiger partial charge on any atom is -0.355 e. The number of amides is 4. The third-order valence-corrected chi connectivity index (χ3v) is 6.72. The summed E-state index contributed by atoms with van der Waals surface area (Å²) in [5.41, 5.74) is 1.19. The maximum atomic E-state index is 13.2. The number of benzene rings is 1. The molecule has 1 saturated carbocycles. The van der Waals surface area contributed by atoms with Crippen LogP contribution in [0.4, 0.5) is 0 Å². The largest absolute Gasteiger partial charge is 0.355 e. The first kappa shape index (κ1) is 22.5. The summed E-state index contributed by atoms with van der Waals surface area (Å²) in [6.45, 7) is 5.34. The first-order valence-electron chi connectivity index (χ1n) is 11.8. The number of nitrogens with zero attached hydrogens (tertiary/aromatic N) is 3. The fraction of sp³-hybridized carbons (Fsp3) is 0.583. The Morgan fingerprint density at radius 2 is 1.69 bits per heavy atom. The number of hydrogen-bond acceptors (Lipinski definition) is 5. The van der Waals surface area contributed by atoms with Gasteiger partial charge in [-0.3, -0.25) is 29.0 Å². The number of hydrogen-bond donors (Lipinski definition) is 1. The molecule has 0 radical (unpaired) electrons. The van der Waals surface area contributed by atoms with Gasteiger partial charge < -0.3 is 10.2 Å². The van der Waals surface area contributed by atoms with Gasteiger partial charge in [0.1, 0.15) is 0 Å². The maximum Gasteiger partial charge on any atom is 0.261 e. The van der Waals surface area contributed by atoms with Crippen LogP contribution < -0.4 is 5.32 Å². The van der Waals surface area contributed by atoms with Crippen LogP contribution in [-0.2, 0) is 4.79 Å². The van der Waals surface area contributed by atoms with E-state index in [2.05, 4.69) is 10.2 Å². The van der Waals surface area contributed by atoms with Gasteiger partial charge in [0.05, 0.1) is 17.7 Å². The first-order valence-corrected chi connectivity index (χ1v) is 11.8. The molecule has 0 atom stereocenters. The standard InChI is InChI=1S/C24H32N4O4/c1-2-25-21(29)16-26-11-6-12-27(14-13-26)22(30)17-9-10-19-20(15-17)24(32)28(23(19)31)18-7-4-3-5-8-18/h9-10,15,18H,2-8,11-14,16H2,1H3,(H,25,29). The van der Waals surface area contributed by atoms with Crippen LogP contribution in [0.3, 0.4) is 0 Å². The van der Waals surface area contributed by atoms with E-state index >= 15 is 0 Å². The van der Waals surface area contributed by atoms with Crippen molar-refractivity contribution in [1.82, 2.24) is 20.0 Å². The van der Waals surface area contributed by atoms with Crippen molar-refractivity contribution in [3.05, 3.63) is 34.9 Å². The Bertz CT molecular complexity index is 909. The lowest BCUT2D eigenvalue weighted by atomic mass is 9.94. The molecule has 1 saturated heterocycles. The molecule has 172 valence electrons. The van der Waals surface area contributed by atoms with E-state index in [1.807, 2.05) is 6.92 Å². The Morgan fingerprint density at radius 1 is 0.938 bits per heavy atom. The van der Waals surface area contributed by atoms with Crippen LogP contribution in [0.2, 0.25) is 0 Å². The molecule has 0 bridgehead atoms. The molecule has 1 aliphatic carbocycles. The molecule has 8 nitrogen and oxygen atoms in total. The number of imide groups is 1. The van der Waals surface area contributed by atoms with E-state index in [9.17, 15) is 19.2 Å². The minimum absolute atomic E-state index is 0.00315. The predicted octanol–water partition coefficient (Wildman–Crippen LogP) is 1.90. The van der Waals surface area contributed by atoms with Gasteiger partial charge in [-0.05, 0) is 44.4 Å². The molecule has 2 fully saturated rings. The summed E-state index contributed by atoms with van der Waals surface area (Å²) in [6.07, 6.45) is 5.72.